The van der Waals surface area contributed by atoms with Crippen LogP contribution >= 0.6 is 0 Å². The highest BCUT2D eigenvalue weighted by molar-refractivity contribution is 5.92. The van der Waals surface area contributed by atoms with E-state index in [0.717, 1.165) is 80.2 Å². The van der Waals surface area contributed by atoms with Crippen molar-refractivity contribution in [2.75, 3.05) is 0 Å². The number of nitrogens with zero attached hydrogens (tertiary/aromatic N) is 6. The number of nitrogens with one attached hydrogen (secondary N) is 2. The van der Waals surface area contributed by atoms with E-state index < -0.39 is 0 Å². The van der Waals surface area contributed by atoms with Crippen LogP contribution in [0.1, 0.15) is 67.4 Å². The molecule has 7 heterocycles. The van der Waals surface area contributed by atoms with Gasteiger partial charge in [-0.05, 0) is 67.5 Å². The molecule has 0 amide bonds. The topological polar surface area (TPSA) is 93.0 Å². The molecule has 0 radical (unpaired) electrons. The highest BCUT2D eigenvalue weighted by Crippen LogP contribution is 2.33. The van der Waals surface area contributed by atoms with Crippen LogP contribution in [0.4, 0.5) is 0 Å². The van der Waals surface area contributed by atoms with Crippen molar-refractivity contribution in [3.8, 4) is 22.5 Å². The first-order chi connectivity index (χ1) is 21.1. The van der Waals surface area contributed by atoms with Gasteiger partial charge >= 0.3 is 0 Å². The minimum absolute atomic E-state index is 0.883. The molecule has 0 saturated heterocycles. The van der Waals surface area contributed by atoms with Crippen LogP contribution in [-0.4, -0.2) is 39.0 Å². The average molecular weight is 569 g/mol. The first-order valence-electron chi connectivity index (χ1n) is 15.1. The zero-order chi connectivity index (χ0) is 29.3. The number of aromatic amines is 2. The number of unbranched alkanes of at least 4 members (excludes halogenated alkanes) is 4. The molecule has 5 aromatic heterocycles. The number of H-pyrrole nitrogens is 2. The van der Waals surface area contributed by atoms with E-state index in [1.54, 1.807) is 0 Å². The van der Waals surface area contributed by atoms with Crippen LogP contribution in [0.5, 0.6) is 0 Å². The van der Waals surface area contributed by atoms with E-state index in [2.05, 4.69) is 71.5 Å². The first-order valence-corrected chi connectivity index (χ1v) is 15.1. The van der Waals surface area contributed by atoms with Crippen molar-refractivity contribution >= 4 is 46.4 Å². The molecule has 0 unspecified atom stereocenters. The van der Waals surface area contributed by atoms with Crippen LogP contribution < -0.4 is 0 Å². The summed E-state index contributed by atoms with van der Waals surface area (Å²) in [5, 5.41) is 0. The first kappa shape index (κ1) is 26.9. The third-order valence-corrected chi connectivity index (χ3v) is 8.13. The molecule has 5 aromatic rings. The summed E-state index contributed by atoms with van der Waals surface area (Å²) in [5.41, 5.74) is 12.6. The summed E-state index contributed by atoms with van der Waals surface area (Å²) in [7, 11) is 3.99. The Balaban J connectivity index is 1.53. The Kier molecular flexibility index (Phi) is 7.10. The van der Waals surface area contributed by atoms with Crippen LogP contribution in [0.15, 0.2) is 55.4 Å². The standard InChI is InChI=1S/C35H36N8/c1-4-5-6-7-8-9-25-26-14-16-30(40-26)34(32-19-42(2)21-36-32)28-12-10-23(38-28)18-24-11-13-29(39-24)35(31-17-15-27(25)41-31)33-20-43(3)22-37-33/h10-22,38-39H,4-9H2,1-3H3. The molecule has 216 valence electrons. The highest BCUT2D eigenvalue weighted by atomic mass is 15.0. The molecular formula is C35H36N8. The molecule has 0 saturated carbocycles. The van der Waals surface area contributed by atoms with E-state index in [9.17, 15) is 0 Å². The maximum absolute atomic E-state index is 5.24. The third kappa shape index (κ3) is 5.36. The number of imidazole rings is 2. The minimum Gasteiger partial charge on any atom is -0.355 e. The van der Waals surface area contributed by atoms with Crippen molar-refractivity contribution in [1.82, 2.24) is 39.0 Å². The second kappa shape index (κ2) is 11.4. The van der Waals surface area contributed by atoms with Gasteiger partial charge in [0.25, 0.3) is 0 Å². The van der Waals surface area contributed by atoms with Gasteiger partial charge in [-0.2, -0.15) is 0 Å². The van der Waals surface area contributed by atoms with Crippen molar-refractivity contribution in [1.29, 1.82) is 0 Å². The second-order valence-electron chi connectivity index (χ2n) is 11.5. The van der Waals surface area contributed by atoms with Gasteiger partial charge in [0.1, 0.15) is 0 Å². The van der Waals surface area contributed by atoms with Crippen LogP contribution in [0.25, 0.3) is 68.9 Å². The molecule has 0 atom stereocenters. The van der Waals surface area contributed by atoms with E-state index in [1.165, 1.54) is 31.2 Å². The summed E-state index contributed by atoms with van der Waals surface area (Å²) in [4.78, 5) is 27.1. The van der Waals surface area contributed by atoms with Crippen LogP contribution in [0.2, 0.25) is 0 Å². The van der Waals surface area contributed by atoms with Gasteiger partial charge in [-0.1, -0.05) is 32.6 Å². The minimum atomic E-state index is 0.883. The van der Waals surface area contributed by atoms with E-state index in [0.29, 0.717) is 0 Å². The van der Waals surface area contributed by atoms with Crippen molar-refractivity contribution < 1.29 is 0 Å². The lowest BCUT2D eigenvalue weighted by Gasteiger charge is -2.05. The summed E-state index contributed by atoms with van der Waals surface area (Å²) >= 11 is 0. The van der Waals surface area contributed by atoms with Gasteiger partial charge in [0.05, 0.1) is 69.0 Å². The van der Waals surface area contributed by atoms with E-state index in [4.69, 9.17) is 19.9 Å². The van der Waals surface area contributed by atoms with Gasteiger partial charge < -0.3 is 19.1 Å². The predicted molar refractivity (Wildman–Crippen MR) is 176 cm³/mol. The lowest BCUT2D eigenvalue weighted by atomic mass is 10.0. The van der Waals surface area contributed by atoms with Crippen LogP contribution in [0, 0.1) is 0 Å². The zero-order valence-electron chi connectivity index (χ0n) is 24.9. The van der Waals surface area contributed by atoms with Gasteiger partial charge in [-0.25, -0.2) is 19.9 Å². The van der Waals surface area contributed by atoms with Crippen molar-refractivity contribution in [3.05, 3.63) is 83.7 Å². The van der Waals surface area contributed by atoms with Crippen LogP contribution in [-0.2, 0) is 20.5 Å². The zero-order valence-corrected chi connectivity index (χ0v) is 24.9. The SMILES string of the molecule is CCCCCCCc1c2nc(c(-c3cn(C)cn3)c3ccc(cc4ccc([nH]4)c(-c4cn(C)cn4)c4nc1C=C4)[nH]3)C=C2. The van der Waals surface area contributed by atoms with Gasteiger partial charge in [-0.15, -0.1) is 0 Å². The van der Waals surface area contributed by atoms with Crippen molar-refractivity contribution in [2.24, 2.45) is 14.1 Å². The molecule has 43 heavy (non-hydrogen) atoms. The van der Waals surface area contributed by atoms with Crippen LogP contribution in [0.3, 0.4) is 0 Å². The van der Waals surface area contributed by atoms with Crippen molar-refractivity contribution in [3.63, 3.8) is 0 Å². The quantitative estimate of drug-likeness (QED) is 0.182. The van der Waals surface area contributed by atoms with E-state index in [1.807, 2.05) is 48.3 Å². The molecule has 7 rings (SSSR count). The monoisotopic (exact) mass is 568 g/mol. The molecule has 8 heteroatoms. The van der Waals surface area contributed by atoms with Gasteiger partial charge in [-0.3, -0.25) is 0 Å². The fourth-order valence-corrected chi connectivity index (χ4v) is 5.98. The van der Waals surface area contributed by atoms with Gasteiger partial charge in [0, 0.05) is 43.1 Å². The number of rotatable bonds is 8. The molecule has 0 fully saturated rings. The Morgan fingerprint density at radius 2 is 1.14 bits per heavy atom. The van der Waals surface area contributed by atoms with E-state index in [-0.39, 0.29) is 0 Å². The van der Waals surface area contributed by atoms with Gasteiger partial charge in [0.2, 0.25) is 0 Å². The molecule has 8 bridgehead atoms. The molecule has 2 aliphatic rings. The molecule has 0 spiro atoms. The number of aromatic nitrogens is 8. The smallest absolute Gasteiger partial charge is 0.0951 e. The van der Waals surface area contributed by atoms with E-state index >= 15 is 0 Å². The highest BCUT2D eigenvalue weighted by Gasteiger charge is 2.18. The Hall–Kier alpha value is -4.98. The molecule has 0 aromatic carbocycles. The second-order valence-corrected chi connectivity index (χ2v) is 11.5. The Morgan fingerprint density at radius 3 is 1.63 bits per heavy atom. The molecule has 0 aliphatic carbocycles. The summed E-state index contributed by atoms with van der Waals surface area (Å²) in [6.45, 7) is 2.26. The number of aryl methyl sites for hydroxylation is 2. The lowest BCUT2D eigenvalue weighted by molar-refractivity contribution is 0.631. The third-order valence-electron chi connectivity index (χ3n) is 8.13. The van der Waals surface area contributed by atoms with Crippen molar-refractivity contribution in [2.45, 2.75) is 45.4 Å². The summed E-state index contributed by atoms with van der Waals surface area (Å²) in [6, 6.07) is 10.5. The maximum Gasteiger partial charge on any atom is 0.0951 e. The number of hydrogen-bond donors (Lipinski definition) is 2. The number of fused-ring (bicyclic) bond motifs is 8. The average Bonchev–Trinajstić information content (AvgIpc) is 3.83. The Morgan fingerprint density at radius 1 is 0.628 bits per heavy atom. The molecular weight excluding hydrogens is 532 g/mol. The Labute approximate surface area is 250 Å². The lowest BCUT2D eigenvalue weighted by Crippen LogP contribution is -1.96. The van der Waals surface area contributed by atoms with Gasteiger partial charge in [0.15, 0.2) is 0 Å². The summed E-state index contributed by atoms with van der Waals surface area (Å²) < 4.78 is 3.95. The normalized spacial score (nSPS) is 12.4. The largest absolute Gasteiger partial charge is 0.355 e. The molecule has 2 aliphatic heterocycles. The summed E-state index contributed by atoms with van der Waals surface area (Å²) in [5.74, 6) is 0. The Bertz CT molecular complexity index is 1890. The fourth-order valence-electron chi connectivity index (χ4n) is 5.98. The molecule has 8 nitrogen and oxygen atoms in total. The fraction of sp³-hybridized carbons (Fsp3) is 0.257. The number of hydrogen-bond acceptors (Lipinski definition) is 4. The maximum atomic E-state index is 5.24. The molecule has 2 N–H and O–H groups in total. The predicted octanol–water partition coefficient (Wildman–Crippen LogP) is 7.97. The summed E-state index contributed by atoms with van der Waals surface area (Å²) in [6.07, 6.45) is 23.2.